The Kier molecular flexibility index (Phi) is 2.74. The first-order valence-electron chi connectivity index (χ1n) is 4.14. The van der Waals surface area contributed by atoms with Crippen molar-refractivity contribution in [1.82, 2.24) is 9.97 Å². The summed E-state index contributed by atoms with van der Waals surface area (Å²) in [6, 6.07) is 9.51. The van der Waals surface area contributed by atoms with Crippen LogP contribution in [0.15, 0.2) is 47.3 Å². The van der Waals surface area contributed by atoms with Crippen molar-refractivity contribution in [3.05, 3.63) is 47.3 Å². The van der Waals surface area contributed by atoms with Gasteiger partial charge in [-0.3, -0.25) is 4.98 Å². The first-order valence-corrected chi connectivity index (χ1v) is 4.93. The molecule has 2 rings (SSSR count). The lowest BCUT2D eigenvalue weighted by Crippen LogP contribution is -1.92. The van der Waals surface area contributed by atoms with Crippen molar-refractivity contribution in [1.29, 1.82) is 0 Å². The number of aromatic nitrogens is 2. The van der Waals surface area contributed by atoms with Crippen molar-refractivity contribution in [2.75, 3.05) is 5.32 Å². The van der Waals surface area contributed by atoms with E-state index in [0.29, 0.717) is 0 Å². The van der Waals surface area contributed by atoms with Gasteiger partial charge >= 0.3 is 0 Å². The molecular formula is C10H8BrN3. The minimum atomic E-state index is 0.811. The molecule has 0 unspecified atom stereocenters. The van der Waals surface area contributed by atoms with Gasteiger partial charge in [-0.1, -0.05) is 6.07 Å². The van der Waals surface area contributed by atoms with Gasteiger partial charge in [-0.2, -0.15) is 0 Å². The molecule has 0 aromatic carbocycles. The highest BCUT2D eigenvalue weighted by molar-refractivity contribution is 9.10. The summed E-state index contributed by atoms with van der Waals surface area (Å²) in [7, 11) is 0. The second-order valence-corrected chi connectivity index (χ2v) is 3.52. The Morgan fingerprint density at radius 1 is 1.07 bits per heavy atom. The topological polar surface area (TPSA) is 37.8 Å². The minimum Gasteiger partial charge on any atom is -0.340 e. The fourth-order valence-electron chi connectivity index (χ4n) is 1.06. The molecule has 0 aliphatic carbocycles. The lowest BCUT2D eigenvalue weighted by atomic mass is 10.4. The van der Waals surface area contributed by atoms with Crippen molar-refractivity contribution in [3.8, 4) is 0 Å². The van der Waals surface area contributed by atoms with Crippen LogP contribution in [0.4, 0.5) is 11.5 Å². The van der Waals surface area contributed by atoms with E-state index < -0.39 is 0 Å². The van der Waals surface area contributed by atoms with Crippen LogP contribution in [0.1, 0.15) is 0 Å². The zero-order valence-electron chi connectivity index (χ0n) is 7.31. The van der Waals surface area contributed by atoms with Crippen LogP contribution in [0.25, 0.3) is 0 Å². The number of pyridine rings is 2. The molecule has 0 atom stereocenters. The Bertz CT molecular complexity index is 417. The van der Waals surface area contributed by atoms with Crippen LogP contribution in [0.3, 0.4) is 0 Å². The van der Waals surface area contributed by atoms with Crippen LogP contribution in [-0.2, 0) is 0 Å². The average molecular weight is 250 g/mol. The molecule has 3 nitrogen and oxygen atoms in total. The summed E-state index contributed by atoms with van der Waals surface area (Å²) < 4.78 is 0.816. The largest absolute Gasteiger partial charge is 0.340 e. The highest BCUT2D eigenvalue weighted by Gasteiger charge is 1.95. The summed E-state index contributed by atoms with van der Waals surface area (Å²) in [6.45, 7) is 0. The normalized spacial score (nSPS) is 9.79. The highest BCUT2D eigenvalue weighted by atomic mass is 79.9. The quantitative estimate of drug-likeness (QED) is 0.832. The number of nitrogens with zero attached hydrogens (tertiary/aromatic N) is 2. The smallest absolute Gasteiger partial charge is 0.131 e. The molecule has 0 spiro atoms. The molecule has 1 N–H and O–H groups in total. The summed E-state index contributed by atoms with van der Waals surface area (Å²) in [5.74, 6) is 0.811. The van der Waals surface area contributed by atoms with Gasteiger partial charge in [0.05, 0.1) is 0 Å². The summed E-state index contributed by atoms with van der Waals surface area (Å²) in [5, 5.41) is 3.16. The van der Waals surface area contributed by atoms with Gasteiger partial charge in [-0.05, 0) is 40.2 Å². The maximum absolute atomic E-state index is 4.25. The van der Waals surface area contributed by atoms with Gasteiger partial charge in [0.1, 0.15) is 10.4 Å². The summed E-state index contributed by atoms with van der Waals surface area (Å²) in [4.78, 5) is 8.19. The highest BCUT2D eigenvalue weighted by Crippen LogP contribution is 2.15. The Labute approximate surface area is 90.3 Å². The van der Waals surface area contributed by atoms with E-state index in [2.05, 4.69) is 31.2 Å². The third-order valence-corrected chi connectivity index (χ3v) is 2.11. The predicted molar refractivity (Wildman–Crippen MR) is 59.5 cm³/mol. The molecule has 0 fully saturated rings. The van der Waals surface area contributed by atoms with Crippen molar-refractivity contribution >= 4 is 27.4 Å². The van der Waals surface area contributed by atoms with Gasteiger partial charge in [0, 0.05) is 18.1 Å². The van der Waals surface area contributed by atoms with Gasteiger partial charge in [0.2, 0.25) is 0 Å². The van der Waals surface area contributed by atoms with Gasteiger partial charge in [0.25, 0.3) is 0 Å². The van der Waals surface area contributed by atoms with E-state index in [1.54, 1.807) is 12.4 Å². The standard InChI is InChI=1S/C10H8BrN3/c11-9-2-1-3-10(14-9)13-8-4-6-12-7-5-8/h1-7H,(H,12,13,14). The molecule has 0 aliphatic heterocycles. The molecule has 70 valence electrons. The van der Waals surface area contributed by atoms with Gasteiger partial charge in [0.15, 0.2) is 0 Å². The zero-order valence-corrected chi connectivity index (χ0v) is 8.90. The van der Waals surface area contributed by atoms with E-state index in [0.717, 1.165) is 16.1 Å². The Balaban J connectivity index is 2.19. The number of halogens is 1. The lowest BCUT2D eigenvalue weighted by molar-refractivity contribution is 1.25. The predicted octanol–water partition coefficient (Wildman–Crippen LogP) is 2.98. The SMILES string of the molecule is Brc1cccc(Nc2ccncc2)n1. The minimum absolute atomic E-state index is 0.811. The molecule has 0 aliphatic rings. The molecule has 2 heterocycles. The second-order valence-electron chi connectivity index (χ2n) is 2.71. The molecule has 2 aromatic heterocycles. The van der Waals surface area contributed by atoms with E-state index in [4.69, 9.17) is 0 Å². The van der Waals surface area contributed by atoms with E-state index >= 15 is 0 Å². The lowest BCUT2D eigenvalue weighted by Gasteiger charge is -2.04. The number of hydrogen-bond acceptors (Lipinski definition) is 3. The number of rotatable bonds is 2. The fourth-order valence-corrected chi connectivity index (χ4v) is 1.40. The summed E-state index contributed by atoms with van der Waals surface area (Å²) in [6.07, 6.45) is 3.47. The van der Waals surface area contributed by atoms with Gasteiger partial charge in [-0.15, -0.1) is 0 Å². The van der Waals surface area contributed by atoms with Crippen LogP contribution < -0.4 is 5.32 Å². The van der Waals surface area contributed by atoms with E-state index in [1.807, 2.05) is 30.3 Å². The molecule has 4 heteroatoms. The average Bonchev–Trinajstić information content (AvgIpc) is 2.19. The van der Waals surface area contributed by atoms with Crippen LogP contribution in [-0.4, -0.2) is 9.97 Å². The molecule has 0 saturated heterocycles. The molecule has 0 amide bonds. The number of nitrogens with one attached hydrogen (secondary N) is 1. The van der Waals surface area contributed by atoms with Crippen molar-refractivity contribution in [2.24, 2.45) is 0 Å². The molecule has 0 saturated carbocycles. The molecule has 0 radical (unpaired) electrons. The molecule has 2 aromatic rings. The van der Waals surface area contributed by atoms with Crippen LogP contribution >= 0.6 is 15.9 Å². The Hall–Kier alpha value is -1.42. The fraction of sp³-hybridized carbons (Fsp3) is 0. The van der Waals surface area contributed by atoms with Crippen molar-refractivity contribution in [2.45, 2.75) is 0 Å². The van der Waals surface area contributed by atoms with Crippen LogP contribution in [0.2, 0.25) is 0 Å². The van der Waals surface area contributed by atoms with E-state index in [9.17, 15) is 0 Å². The van der Waals surface area contributed by atoms with E-state index in [-0.39, 0.29) is 0 Å². The Morgan fingerprint density at radius 3 is 2.57 bits per heavy atom. The summed E-state index contributed by atoms with van der Waals surface area (Å²) in [5.41, 5.74) is 0.977. The van der Waals surface area contributed by atoms with Gasteiger partial charge < -0.3 is 5.32 Å². The van der Waals surface area contributed by atoms with Crippen LogP contribution in [0, 0.1) is 0 Å². The van der Waals surface area contributed by atoms with Crippen molar-refractivity contribution < 1.29 is 0 Å². The third kappa shape index (κ3) is 2.29. The first-order chi connectivity index (χ1) is 6.84. The third-order valence-electron chi connectivity index (χ3n) is 1.67. The molecule has 14 heavy (non-hydrogen) atoms. The van der Waals surface area contributed by atoms with Crippen molar-refractivity contribution in [3.63, 3.8) is 0 Å². The van der Waals surface area contributed by atoms with Crippen LogP contribution in [0.5, 0.6) is 0 Å². The van der Waals surface area contributed by atoms with Gasteiger partial charge in [-0.25, -0.2) is 4.98 Å². The Morgan fingerprint density at radius 2 is 1.86 bits per heavy atom. The van der Waals surface area contributed by atoms with E-state index in [1.165, 1.54) is 0 Å². The first kappa shape index (κ1) is 9.15. The molecule has 0 bridgehead atoms. The zero-order chi connectivity index (χ0) is 9.80. The molecular weight excluding hydrogens is 242 g/mol. The second kappa shape index (κ2) is 4.19. The maximum atomic E-state index is 4.25. The number of anilines is 2. The monoisotopic (exact) mass is 249 g/mol. The summed E-state index contributed by atoms with van der Waals surface area (Å²) >= 11 is 3.31. The maximum Gasteiger partial charge on any atom is 0.131 e. The number of hydrogen-bond donors (Lipinski definition) is 1.